The molecule has 0 atom stereocenters. The molecule has 82 valence electrons. The Balaban J connectivity index is 2.58. The SMILES string of the molecule is Cc1ccc(C(=O)NCC(F)(F)F)nc1. The first-order valence-corrected chi connectivity index (χ1v) is 4.16. The Kier molecular flexibility index (Phi) is 3.28. The molecule has 0 aliphatic heterocycles. The van der Waals surface area contributed by atoms with Crippen molar-refractivity contribution in [2.75, 3.05) is 6.54 Å². The molecule has 0 saturated carbocycles. The van der Waals surface area contributed by atoms with Gasteiger partial charge in [-0.15, -0.1) is 0 Å². The normalized spacial score (nSPS) is 11.2. The number of hydrogen-bond acceptors (Lipinski definition) is 2. The molecule has 0 fully saturated rings. The lowest BCUT2D eigenvalue weighted by molar-refractivity contribution is -0.123. The number of rotatable bonds is 2. The van der Waals surface area contributed by atoms with Gasteiger partial charge < -0.3 is 5.32 Å². The van der Waals surface area contributed by atoms with E-state index in [1.54, 1.807) is 18.3 Å². The smallest absolute Gasteiger partial charge is 0.342 e. The molecule has 1 N–H and O–H groups in total. The van der Waals surface area contributed by atoms with Gasteiger partial charge in [-0.3, -0.25) is 9.78 Å². The molecule has 0 unspecified atom stereocenters. The third-order valence-electron chi connectivity index (χ3n) is 1.59. The van der Waals surface area contributed by atoms with Gasteiger partial charge in [0.2, 0.25) is 0 Å². The summed E-state index contributed by atoms with van der Waals surface area (Å²) in [6, 6.07) is 2.98. The number of nitrogens with zero attached hydrogens (tertiary/aromatic N) is 1. The van der Waals surface area contributed by atoms with Crippen LogP contribution in [0.3, 0.4) is 0 Å². The molecule has 1 aromatic heterocycles. The Labute approximate surface area is 84.3 Å². The molecule has 1 rings (SSSR count). The van der Waals surface area contributed by atoms with Crippen LogP contribution in [0.25, 0.3) is 0 Å². The van der Waals surface area contributed by atoms with Crippen LogP contribution in [-0.4, -0.2) is 23.6 Å². The zero-order valence-electron chi connectivity index (χ0n) is 7.93. The van der Waals surface area contributed by atoms with E-state index in [0.717, 1.165) is 5.56 Å². The fourth-order valence-corrected chi connectivity index (χ4v) is 0.873. The van der Waals surface area contributed by atoms with Gasteiger partial charge in [-0.25, -0.2) is 0 Å². The Morgan fingerprint density at radius 1 is 1.47 bits per heavy atom. The quantitative estimate of drug-likeness (QED) is 0.820. The number of aryl methyl sites for hydroxylation is 1. The third kappa shape index (κ3) is 3.97. The van der Waals surface area contributed by atoms with E-state index in [1.165, 1.54) is 12.3 Å². The van der Waals surface area contributed by atoms with Crippen LogP contribution < -0.4 is 5.32 Å². The van der Waals surface area contributed by atoms with Crippen molar-refractivity contribution in [1.82, 2.24) is 10.3 Å². The van der Waals surface area contributed by atoms with Crippen LogP contribution in [0.4, 0.5) is 13.2 Å². The van der Waals surface area contributed by atoms with Crippen molar-refractivity contribution in [3.05, 3.63) is 29.6 Å². The van der Waals surface area contributed by atoms with Gasteiger partial charge >= 0.3 is 6.18 Å². The number of halogens is 3. The highest BCUT2D eigenvalue weighted by Gasteiger charge is 2.28. The van der Waals surface area contributed by atoms with Crippen LogP contribution in [0.15, 0.2) is 18.3 Å². The van der Waals surface area contributed by atoms with Gasteiger partial charge in [0.05, 0.1) is 0 Å². The summed E-state index contributed by atoms with van der Waals surface area (Å²) in [5.74, 6) is -0.827. The Bertz CT molecular complexity index is 345. The highest BCUT2D eigenvalue weighted by atomic mass is 19.4. The minimum atomic E-state index is -4.40. The van der Waals surface area contributed by atoms with E-state index in [-0.39, 0.29) is 5.69 Å². The first-order chi connectivity index (χ1) is 6.88. The van der Waals surface area contributed by atoms with Gasteiger partial charge in [-0.1, -0.05) is 6.07 Å². The number of carbonyl (C=O) groups excluding carboxylic acids is 1. The highest BCUT2D eigenvalue weighted by molar-refractivity contribution is 5.92. The molecule has 6 heteroatoms. The lowest BCUT2D eigenvalue weighted by Gasteiger charge is -2.07. The van der Waals surface area contributed by atoms with Crippen LogP contribution in [0.5, 0.6) is 0 Å². The number of aromatic nitrogens is 1. The molecule has 1 heterocycles. The maximum Gasteiger partial charge on any atom is 0.405 e. The van der Waals surface area contributed by atoms with E-state index in [9.17, 15) is 18.0 Å². The van der Waals surface area contributed by atoms with Crippen molar-refractivity contribution >= 4 is 5.91 Å². The lowest BCUT2D eigenvalue weighted by atomic mass is 10.2. The van der Waals surface area contributed by atoms with E-state index < -0.39 is 18.6 Å². The number of pyridine rings is 1. The molecular weight excluding hydrogens is 209 g/mol. The van der Waals surface area contributed by atoms with Crippen molar-refractivity contribution in [3.63, 3.8) is 0 Å². The van der Waals surface area contributed by atoms with Crippen LogP contribution in [0.1, 0.15) is 16.1 Å². The molecule has 0 saturated heterocycles. The second-order valence-electron chi connectivity index (χ2n) is 3.02. The van der Waals surface area contributed by atoms with Gasteiger partial charge in [-0.05, 0) is 18.6 Å². The molecule has 0 bridgehead atoms. The van der Waals surface area contributed by atoms with E-state index in [1.807, 2.05) is 0 Å². The first-order valence-electron chi connectivity index (χ1n) is 4.16. The number of amides is 1. The standard InChI is InChI=1S/C9H9F3N2O/c1-6-2-3-7(13-4-6)8(15)14-5-9(10,11)12/h2-4H,5H2,1H3,(H,14,15). The summed E-state index contributed by atoms with van der Waals surface area (Å²) in [7, 11) is 0. The molecule has 1 amide bonds. The number of nitrogens with one attached hydrogen (secondary N) is 1. The summed E-state index contributed by atoms with van der Waals surface area (Å²) in [6.45, 7) is 0.422. The van der Waals surface area contributed by atoms with E-state index >= 15 is 0 Å². The number of hydrogen-bond donors (Lipinski definition) is 1. The third-order valence-corrected chi connectivity index (χ3v) is 1.59. The van der Waals surface area contributed by atoms with Crippen molar-refractivity contribution in [2.24, 2.45) is 0 Å². The maximum atomic E-state index is 11.8. The molecular formula is C9H9F3N2O. The average molecular weight is 218 g/mol. The highest BCUT2D eigenvalue weighted by Crippen LogP contribution is 2.12. The zero-order chi connectivity index (χ0) is 11.5. The van der Waals surface area contributed by atoms with Gasteiger partial charge in [0.25, 0.3) is 5.91 Å². The summed E-state index contributed by atoms with van der Waals surface area (Å²) in [5, 5.41) is 1.73. The molecule has 15 heavy (non-hydrogen) atoms. The molecule has 3 nitrogen and oxygen atoms in total. The zero-order valence-corrected chi connectivity index (χ0v) is 7.93. The summed E-state index contributed by atoms with van der Waals surface area (Å²) in [4.78, 5) is 14.8. The fraction of sp³-hybridized carbons (Fsp3) is 0.333. The molecule has 0 spiro atoms. The lowest BCUT2D eigenvalue weighted by Crippen LogP contribution is -2.34. The monoisotopic (exact) mass is 218 g/mol. The van der Waals surface area contributed by atoms with Crippen LogP contribution in [-0.2, 0) is 0 Å². The minimum absolute atomic E-state index is 0.0233. The van der Waals surface area contributed by atoms with Crippen molar-refractivity contribution < 1.29 is 18.0 Å². The van der Waals surface area contributed by atoms with Crippen molar-refractivity contribution in [2.45, 2.75) is 13.1 Å². The summed E-state index contributed by atoms with van der Waals surface area (Å²) >= 11 is 0. The Morgan fingerprint density at radius 3 is 2.60 bits per heavy atom. The van der Waals surface area contributed by atoms with Gasteiger partial charge in [0.15, 0.2) is 0 Å². The van der Waals surface area contributed by atoms with Gasteiger partial charge in [-0.2, -0.15) is 13.2 Å². The Hall–Kier alpha value is -1.59. The summed E-state index contributed by atoms with van der Waals surface area (Å²) in [6.07, 6.45) is -2.98. The molecule has 0 aromatic carbocycles. The van der Waals surface area contributed by atoms with E-state index in [4.69, 9.17) is 0 Å². The van der Waals surface area contributed by atoms with Gasteiger partial charge in [0, 0.05) is 6.20 Å². The summed E-state index contributed by atoms with van der Waals surface area (Å²) in [5.41, 5.74) is 0.812. The maximum absolute atomic E-state index is 11.8. The molecule has 0 radical (unpaired) electrons. The van der Waals surface area contributed by atoms with Crippen LogP contribution in [0, 0.1) is 6.92 Å². The molecule has 0 aliphatic rings. The average Bonchev–Trinajstić information content (AvgIpc) is 2.14. The topological polar surface area (TPSA) is 42.0 Å². The van der Waals surface area contributed by atoms with Gasteiger partial charge in [0.1, 0.15) is 12.2 Å². The predicted octanol–water partition coefficient (Wildman–Crippen LogP) is 1.68. The molecule has 0 aliphatic carbocycles. The predicted molar refractivity (Wildman–Crippen MR) is 47.4 cm³/mol. The first kappa shape index (κ1) is 11.5. The van der Waals surface area contributed by atoms with Crippen LogP contribution >= 0.6 is 0 Å². The molecule has 1 aromatic rings. The van der Waals surface area contributed by atoms with E-state index in [2.05, 4.69) is 4.98 Å². The largest absolute Gasteiger partial charge is 0.405 e. The second kappa shape index (κ2) is 4.29. The van der Waals surface area contributed by atoms with E-state index in [0.29, 0.717) is 0 Å². The van der Waals surface area contributed by atoms with Crippen molar-refractivity contribution in [1.29, 1.82) is 0 Å². The fourth-order valence-electron chi connectivity index (χ4n) is 0.873. The number of carbonyl (C=O) groups is 1. The minimum Gasteiger partial charge on any atom is -0.342 e. The van der Waals surface area contributed by atoms with Crippen LogP contribution in [0.2, 0.25) is 0 Å². The second-order valence-corrected chi connectivity index (χ2v) is 3.02. The van der Waals surface area contributed by atoms with Crippen molar-refractivity contribution in [3.8, 4) is 0 Å². The number of alkyl halides is 3. The Morgan fingerprint density at radius 2 is 2.13 bits per heavy atom. The summed E-state index contributed by atoms with van der Waals surface area (Å²) < 4.78 is 35.3.